The third-order valence-corrected chi connectivity index (χ3v) is 4.16. The Morgan fingerprint density at radius 1 is 1.29 bits per heavy atom. The molecule has 6 heteroatoms. The summed E-state index contributed by atoms with van der Waals surface area (Å²) in [4.78, 5) is 11.8. The van der Waals surface area contributed by atoms with Crippen LogP contribution >= 0.6 is 11.6 Å². The zero-order valence-electron chi connectivity index (χ0n) is 15.0. The second-order valence-corrected chi connectivity index (χ2v) is 6.14. The van der Waals surface area contributed by atoms with E-state index in [4.69, 9.17) is 16.4 Å². The number of alkyl halides is 1. The molecule has 0 atom stereocenters. The smallest absolute Gasteiger partial charge is 0.114 e. The summed E-state index contributed by atoms with van der Waals surface area (Å²) < 4.78 is 2.20. The third-order valence-electron chi connectivity index (χ3n) is 3.85. The summed E-state index contributed by atoms with van der Waals surface area (Å²) in [6, 6.07) is 8.39. The maximum absolute atomic E-state index is 5.99. The number of fused-ring (bicyclic) bond motifs is 1. The summed E-state index contributed by atoms with van der Waals surface area (Å²) in [5.74, 6) is 1.32. The van der Waals surface area contributed by atoms with Crippen LogP contribution in [0, 0.1) is 6.92 Å². The van der Waals surface area contributed by atoms with Crippen LogP contribution < -0.4 is 0 Å². The topological polar surface area (TPSA) is 42.1 Å². The lowest BCUT2D eigenvalue weighted by atomic mass is 10.2. The Kier molecular flexibility index (Phi) is 6.26. The van der Waals surface area contributed by atoms with Crippen molar-refractivity contribution in [3.63, 3.8) is 0 Å². The van der Waals surface area contributed by atoms with Crippen molar-refractivity contribution in [3.05, 3.63) is 30.0 Å². The highest BCUT2D eigenvalue weighted by Gasteiger charge is 2.09. The maximum Gasteiger partial charge on any atom is 0.114 e. The molecule has 0 fully saturated rings. The van der Waals surface area contributed by atoms with Gasteiger partial charge < -0.3 is 14.3 Å². The van der Waals surface area contributed by atoms with Crippen molar-refractivity contribution in [2.24, 2.45) is 10.1 Å². The highest BCUT2D eigenvalue weighted by molar-refractivity contribution is 6.28. The van der Waals surface area contributed by atoms with E-state index >= 15 is 0 Å². The molecule has 0 saturated carbocycles. The number of amidine groups is 1. The van der Waals surface area contributed by atoms with Gasteiger partial charge in [-0.2, -0.15) is 0 Å². The first kappa shape index (κ1) is 18.3. The number of hydrogen-bond donors (Lipinski definition) is 0. The highest BCUT2D eigenvalue weighted by atomic mass is 35.5. The molecule has 24 heavy (non-hydrogen) atoms. The number of halogens is 1. The van der Waals surface area contributed by atoms with Gasteiger partial charge in [0.1, 0.15) is 12.4 Å². The second kappa shape index (κ2) is 8.20. The molecule has 0 bridgehead atoms. The molecule has 0 amide bonds. The molecular formula is C18H25ClN4O. The van der Waals surface area contributed by atoms with E-state index in [-0.39, 0.29) is 0 Å². The fraction of sp³-hybridized carbons (Fsp3) is 0.444. The van der Waals surface area contributed by atoms with Gasteiger partial charge >= 0.3 is 0 Å². The summed E-state index contributed by atoms with van der Waals surface area (Å²) in [5, 5.41) is 5.25. The van der Waals surface area contributed by atoms with Gasteiger partial charge in [-0.25, -0.2) is 4.99 Å². The first-order valence-electron chi connectivity index (χ1n) is 8.02. The Morgan fingerprint density at radius 3 is 2.67 bits per heavy atom. The predicted molar refractivity (Wildman–Crippen MR) is 103 cm³/mol. The minimum absolute atomic E-state index is 0.351. The number of nitrogens with zero attached hydrogens (tertiary/aromatic N) is 4. The van der Waals surface area contributed by atoms with Crippen molar-refractivity contribution in [1.82, 2.24) is 9.47 Å². The predicted octanol–water partition coefficient (Wildman–Crippen LogP) is 4.19. The van der Waals surface area contributed by atoms with Gasteiger partial charge in [-0.15, -0.1) is 11.6 Å². The zero-order valence-corrected chi connectivity index (χ0v) is 15.8. The van der Waals surface area contributed by atoms with Crippen LogP contribution in [0.3, 0.4) is 0 Å². The monoisotopic (exact) mass is 348 g/mol. The maximum atomic E-state index is 5.99. The lowest BCUT2D eigenvalue weighted by Crippen LogP contribution is -2.17. The summed E-state index contributed by atoms with van der Waals surface area (Å²) in [6.07, 6.45) is 0. The van der Waals surface area contributed by atoms with Crippen LogP contribution in [-0.2, 0) is 11.4 Å². The average Bonchev–Trinajstić information content (AvgIpc) is 2.85. The minimum atomic E-state index is 0.351. The number of benzene rings is 1. The van der Waals surface area contributed by atoms with Crippen LogP contribution in [0.5, 0.6) is 0 Å². The van der Waals surface area contributed by atoms with Crippen LogP contribution in [-0.4, -0.2) is 47.6 Å². The lowest BCUT2D eigenvalue weighted by molar-refractivity contribution is 0.158. The number of oxime groups is 1. The number of aliphatic imine (C=N–C) groups is 1. The van der Waals surface area contributed by atoms with E-state index in [0.29, 0.717) is 19.0 Å². The number of aryl methyl sites for hydroxylation is 1. The molecule has 2 aromatic rings. The molecule has 0 aliphatic carbocycles. The SMILES string of the molecule is CCON=C(CCl)Cn1c(C)cc2cc(N=C(C)N(C)C)ccc21. The van der Waals surface area contributed by atoms with Gasteiger partial charge in [0, 0.05) is 30.7 Å². The molecule has 0 aliphatic rings. The summed E-state index contributed by atoms with van der Waals surface area (Å²) in [6.45, 7) is 7.15. The van der Waals surface area contributed by atoms with E-state index in [1.807, 2.05) is 38.9 Å². The van der Waals surface area contributed by atoms with Crippen LogP contribution in [0.1, 0.15) is 19.5 Å². The lowest BCUT2D eigenvalue weighted by Gasteiger charge is -2.11. The van der Waals surface area contributed by atoms with Crippen LogP contribution in [0.2, 0.25) is 0 Å². The summed E-state index contributed by atoms with van der Waals surface area (Å²) >= 11 is 5.99. The molecule has 130 valence electrons. The quantitative estimate of drug-likeness (QED) is 0.340. The summed E-state index contributed by atoms with van der Waals surface area (Å²) in [5.41, 5.74) is 4.06. The summed E-state index contributed by atoms with van der Waals surface area (Å²) in [7, 11) is 3.98. The van der Waals surface area contributed by atoms with Crippen molar-refractivity contribution in [2.45, 2.75) is 27.3 Å². The number of aromatic nitrogens is 1. The Labute approximate surface area is 148 Å². The fourth-order valence-corrected chi connectivity index (χ4v) is 2.53. The highest BCUT2D eigenvalue weighted by Crippen LogP contribution is 2.25. The molecule has 0 radical (unpaired) electrons. The Morgan fingerprint density at radius 2 is 2.04 bits per heavy atom. The van der Waals surface area contributed by atoms with Crippen molar-refractivity contribution >= 4 is 39.7 Å². The van der Waals surface area contributed by atoms with E-state index in [9.17, 15) is 0 Å². The van der Waals surface area contributed by atoms with Crippen molar-refractivity contribution in [3.8, 4) is 0 Å². The van der Waals surface area contributed by atoms with Gasteiger partial charge in [0.2, 0.25) is 0 Å². The van der Waals surface area contributed by atoms with Crippen LogP contribution in [0.4, 0.5) is 5.69 Å². The van der Waals surface area contributed by atoms with Gasteiger partial charge in [-0.1, -0.05) is 5.16 Å². The van der Waals surface area contributed by atoms with Gasteiger partial charge in [-0.05, 0) is 45.0 Å². The Hall–Kier alpha value is -2.01. The minimum Gasteiger partial charge on any atom is -0.396 e. The van der Waals surface area contributed by atoms with E-state index in [1.54, 1.807) is 0 Å². The fourth-order valence-electron chi connectivity index (χ4n) is 2.40. The molecule has 1 heterocycles. The molecule has 0 N–H and O–H groups in total. The van der Waals surface area contributed by atoms with E-state index in [2.05, 4.69) is 39.8 Å². The average molecular weight is 349 g/mol. The first-order chi connectivity index (χ1) is 11.5. The molecule has 1 aromatic heterocycles. The van der Waals surface area contributed by atoms with E-state index in [0.717, 1.165) is 33.8 Å². The van der Waals surface area contributed by atoms with Gasteiger partial charge in [0.25, 0.3) is 0 Å². The van der Waals surface area contributed by atoms with Crippen LogP contribution in [0.15, 0.2) is 34.4 Å². The zero-order chi connectivity index (χ0) is 17.7. The normalized spacial score (nSPS) is 12.8. The molecule has 0 spiro atoms. The molecule has 5 nitrogen and oxygen atoms in total. The van der Waals surface area contributed by atoms with Gasteiger partial charge in [0.05, 0.1) is 23.8 Å². The Balaban J connectivity index is 2.36. The largest absolute Gasteiger partial charge is 0.396 e. The molecule has 2 rings (SSSR count). The standard InChI is InChI=1S/C18H25ClN4O/c1-6-24-21-17(11-19)12-23-13(2)9-15-10-16(7-8-18(15)23)20-14(3)22(4)5/h7-10H,6,11-12H2,1-5H3. The van der Waals surface area contributed by atoms with Crippen LogP contribution in [0.25, 0.3) is 10.9 Å². The van der Waals surface area contributed by atoms with E-state index in [1.165, 1.54) is 0 Å². The third kappa shape index (κ3) is 4.29. The number of rotatable bonds is 6. The van der Waals surface area contributed by atoms with Gasteiger partial charge in [0.15, 0.2) is 0 Å². The Bertz CT molecular complexity index is 762. The second-order valence-electron chi connectivity index (χ2n) is 5.88. The molecule has 0 unspecified atom stereocenters. The molecule has 0 saturated heterocycles. The van der Waals surface area contributed by atoms with Crippen molar-refractivity contribution in [1.29, 1.82) is 0 Å². The van der Waals surface area contributed by atoms with Crippen molar-refractivity contribution < 1.29 is 4.84 Å². The van der Waals surface area contributed by atoms with Gasteiger partial charge in [-0.3, -0.25) is 0 Å². The molecule has 0 aliphatic heterocycles. The van der Waals surface area contributed by atoms with Crippen molar-refractivity contribution in [2.75, 3.05) is 26.6 Å². The first-order valence-corrected chi connectivity index (χ1v) is 8.55. The number of hydrogen-bond acceptors (Lipinski definition) is 3. The van der Waals surface area contributed by atoms with E-state index < -0.39 is 0 Å². The molecular weight excluding hydrogens is 324 g/mol. The molecule has 1 aromatic carbocycles.